The number of hydrogen-bond donors (Lipinski definition) is 0. The highest BCUT2D eigenvalue weighted by atomic mass is 16.5. The van der Waals surface area contributed by atoms with E-state index in [2.05, 4.69) is 32.7 Å². The van der Waals surface area contributed by atoms with Crippen LogP contribution in [0.2, 0.25) is 0 Å². The molecule has 13 heavy (non-hydrogen) atoms. The predicted molar refractivity (Wildman–Crippen MR) is 58.0 cm³/mol. The summed E-state index contributed by atoms with van der Waals surface area (Å²) >= 11 is 0. The van der Waals surface area contributed by atoms with Crippen LogP contribution in [0.1, 0.15) is 33.6 Å². The summed E-state index contributed by atoms with van der Waals surface area (Å²) in [6.45, 7) is 8.71. The quantitative estimate of drug-likeness (QED) is 0.607. The van der Waals surface area contributed by atoms with E-state index in [4.69, 9.17) is 4.74 Å². The lowest BCUT2D eigenvalue weighted by Crippen LogP contribution is -2.34. The standard InChI is InChI=1S/C11H25NO/c1-6-11(9-10(2)3)12(4)7-8-13-5/h10-11H,6-9H2,1-5H3/t11-/m1/s1. The van der Waals surface area contributed by atoms with Crippen molar-refractivity contribution in [1.29, 1.82) is 0 Å². The van der Waals surface area contributed by atoms with Gasteiger partial charge in [-0.15, -0.1) is 0 Å². The monoisotopic (exact) mass is 187 g/mol. The molecule has 0 saturated heterocycles. The predicted octanol–water partition coefficient (Wildman–Crippen LogP) is 2.39. The molecule has 0 amide bonds. The van der Waals surface area contributed by atoms with Gasteiger partial charge in [0, 0.05) is 19.7 Å². The number of rotatable bonds is 7. The molecular weight excluding hydrogens is 162 g/mol. The first-order valence-electron chi connectivity index (χ1n) is 5.31. The van der Waals surface area contributed by atoms with E-state index < -0.39 is 0 Å². The van der Waals surface area contributed by atoms with Crippen LogP contribution in [0.3, 0.4) is 0 Å². The van der Waals surface area contributed by atoms with Crippen molar-refractivity contribution in [3.63, 3.8) is 0 Å². The van der Waals surface area contributed by atoms with Gasteiger partial charge in [0.2, 0.25) is 0 Å². The number of ether oxygens (including phenoxy) is 1. The van der Waals surface area contributed by atoms with E-state index >= 15 is 0 Å². The summed E-state index contributed by atoms with van der Waals surface area (Å²) in [4.78, 5) is 2.41. The summed E-state index contributed by atoms with van der Waals surface area (Å²) < 4.78 is 5.07. The lowest BCUT2D eigenvalue weighted by molar-refractivity contribution is 0.128. The minimum atomic E-state index is 0.718. The molecule has 0 aromatic rings. The minimum Gasteiger partial charge on any atom is -0.383 e. The summed E-state index contributed by atoms with van der Waals surface area (Å²) in [6, 6.07) is 0.718. The van der Waals surface area contributed by atoms with Gasteiger partial charge >= 0.3 is 0 Å². The van der Waals surface area contributed by atoms with E-state index in [0.717, 1.165) is 25.1 Å². The van der Waals surface area contributed by atoms with Crippen LogP contribution in [0.15, 0.2) is 0 Å². The molecule has 0 aromatic carbocycles. The van der Waals surface area contributed by atoms with E-state index in [1.807, 2.05) is 0 Å². The molecule has 0 radical (unpaired) electrons. The van der Waals surface area contributed by atoms with Crippen LogP contribution in [-0.4, -0.2) is 38.3 Å². The Balaban J connectivity index is 3.77. The van der Waals surface area contributed by atoms with Crippen LogP contribution in [-0.2, 0) is 4.74 Å². The number of methoxy groups -OCH3 is 1. The topological polar surface area (TPSA) is 12.5 Å². The van der Waals surface area contributed by atoms with Crippen LogP contribution in [0.4, 0.5) is 0 Å². The number of hydrogen-bond acceptors (Lipinski definition) is 2. The molecule has 0 heterocycles. The first-order valence-corrected chi connectivity index (χ1v) is 5.31. The maximum Gasteiger partial charge on any atom is 0.0589 e. The summed E-state index contributed by atoms with van der Waals surface area (Å²) in [5.41, 5.74) is 0. The molecule has 2 nitrogen and oxygen atoms in total. The molecule has 0 bridgehead atoms. The summed E-state index contributed by atoms with van der Waals surface area (Å²) in [5.74, 6) is 0.787. The van der Waals surface area contributed by atoms with Gasteiger partial charge in [0.15, 0.2) is 0 Å². The third kappa shape index (κ3) is 6.05. The van der Waals surface area contributed by atoms with Gasteiger partial charge in [-0.2, -0.15) is 0 Å². The Labute approximate surface area is 83.3 Å². The average molecular weight is 187 g/mol. The van der Waals surface area contributed by atoms with Gasteiger partial charge in [0.05, 0.1) is 6.61 Å². The second-order valence-electron chi connectivity index (χ2n) is 4.17. The Morgan fingerprint density at radius 1 is 1.31 bits per heavy atom. The molecule has 0 rings (SSSR count). The Morgan fingerprint density at radius 3 is 2.31 bits per heavy atom. The molecule has 0 fully saturated rings. The highest BCUT2D eigenvalue weighted by Crippen LogP contribution is 2.12. The first-order chi connectivity index (χ1) is 6.11. The van der Waals surface area contributed by atoms with E-state index in [1.165, 1.54) is 12.8 Å². The molecule has 0 saturated carbocycles. The van der Waals surface area contributed by atoms with Crippen LogP contribution in [0.25, 0.3) is 0 Å². The zero-order valence-electron chi connectivity index (χ0n) is 9.84. The molecule has 0 aromatic heterocycles. The van der Waals surface area contributed by atoms with Crippen LogP contribution in [0, 0.1) is 5.92 Å². The van der Waals surface area contributed by atoms with Crippen molar-refractivity contribution < 1.29 is 4.74 Å². The maximum absolute atomic E-state index is 5.07. The van der Waals surface area contributed by atoms with Crippen LogP contribution < -0.4 is 0 Å². The van der Waals surface area contributed by atoms with Gasteiger partial charge in [0.1, 0.15) is 0 Å². The zero-order valence-corrected chi connectivity index (χ0v) is 9.84. The molecule has 0 aliphatic carbocycles. The fourth-order valence-corrected chi connectivity index (χ4v) is 1.62. The van der Waals surface area contributed by atoms with Crippen LogP contribution >= 0.6 is 0 Å². The minimum absolute atomic E-state index is 0.718. The van der Waals surface area contributed by atoms with Crippen molar-refractivity contribution >= 4 is 0 Å². The molecule has 0 aliphatic heterocycles. The molecule has 0 unspecified atom stereocenters. The van der Waals surface area contributed by atoms with Gasteiger partial charge in [-0.3, -0.25) is 0 Å². The summed E-state index contributed by atoms with van der Waals surface area (Å²) in [5, 5.41) is 0. The second-order valence-corrected chi connectivity index (χ2v) is 4.17. The van der Waals surface area contributed by atoms with Gasteiger partial charge in [-0.1, -0.05) is 20.8 Å². The Hall–Kier alpha value is -0.0800. The van der Waals surface area contributed by atoms with Crippen molar-refractivity contribution in [3.8, 4) is 0 Å². The average Bonchev–Trinajstić information content (AvgIpc) is 2.09. The van der Waals surface area contributed by atoms with E-state index in [9.17, 15) is 0 Å². The van der Waals surface area contributed by atoms with Crippen molar-refractivity contribution in [3.05, 3.63) is 0 Å². The number of likely N-dealkylation sites (N-methyl/N-ethyl adjacent to an activating group) is 1. The molecule has 0 N–H and O–H groups in total. The van der Waals surface area contributed by atoms with Crippen molar-refractivity contribution in [2.45, 2.75) is 39.7 Å². The highest BCUT2D eigenvalue weighted by Gasteiger charge is 2.13. The van der Waals surface area contributed by atoms with Crippen LogP contribution in [0.5, 0.6) is 0 Å². The molecule has 1 atom stereocenters. The Morgan fingerprint density at radius 2 is 1.92 bits per heavy atom. The molecule has 0 aliphatic rings. The largest absolute Gasteiger partial charge is 0.383 e. The summed E-state index contributed by atoms with van der Waals surface area (Å²) in [6.07, 6.45) is 2.52. The van der Waals surface area contributed by atoms with E-state index in [0.29, 0.717) is 0 Å². The van der Waals surface area contributed by atoms with Gasteiger partial charge in [0.25, 0.3) is 0 Å². The molecule has 2 heteroatoms. The highest BCUT2D eigenvalue weighted by molar-refractivity contribution is 4.68. The van der Waals surface area contributed by atoms with E-state index in [-0.39, 0.29) is 0 Å². The van der Waals surface area contributed by atoms with Crippen molar-refractivity contribution in [2.75, 3.05) is 27.3 Å². The zero-order chi connectivity index (χ0) is 10.3. The second kappa shape index (κ2) is 7.34. The normalized spacial score (nSPS) is 14.1. The first kappa shape index (κ1) is 12.9. The molecule has 0 spiro atoms. The number of nitrogens with zero attached hydrogens (tertiary/aromatic N) is 1. The fraction of sp³-hybridized carbons (Fsp3) is 1.00. The lowest BCUT2D eigenvalue weighted by Gasteiger charge is -2.28. The smallest absolute Gasteiger partial charge is 0.0589 e. The van der Waals surface area contributed by atoms with Gasteiger partial charge in [-0.05, 0) is 25.8 Å². The van der Waals surface area contributed by atoms with Gasteiger partial charge < -0.3 is 9.64 Å². The van der Waals surface area contributed by atoms with Gasteiger partial charge in [-0.25, -0.2) is 0 Å². The Bertz CT molecular complexity index is 115. The third-order valence-corrected chi connectivity index (χ3v) is 2.49. The van der Waals surface area contributed by atoms with Crippen molar-refractivity contribution in [2.24, 2.45) is 5.92 Å². The molecule has 80 valence electrons. The molecular formula is C11H25NO. The summed E-state index contributed by atoms with van der Waals surface area (Å²) in [7, 11) is 3.95. The van der Waals surface area contributed by atoms with E-state index in [1.54, 1.807) is 7.11 Å². The maximum atomic E-state index is 5.07. The fourth-order valence-electron chi connectivity index (χ4n) is 1.62. The SMILES string of the molecule is CC[C@H](CC(C)C)N(C)CCOC. The third-order valence-electron chi connectivity index (χ3n) is 2.49. The lowest BCUT2D eigenvalue weighted by atomic mass is 10.0. The Kier molecular flexibility index (Phi) is 7.29. The van der Waals surface area contributed by atoms with Crippen molar-refractivity contribution in [1.82, 2.24) is 4.90 Å².